The SMILES string of the molecule is CCC(=O)OC(OC(=O)[C@@H](C)Oc1ccc(Oc2ncc(Cl)cc2F)cc1)C(O)CO. The summed E-state index contributed by atoms with van der Waals surface area (Å²) in [6.45, 7) is 2.11. The molecule has 0 aliphatic carbocycles. The number of aromatic nitrogens is 1. The predicted molar refractivity (Wildman–Crippen MR) is 105 cm³/mol. The minimum absolute atomic E-state index is 0.0118. The Balaban J connectivity index is 1.96. The van der Waals surface area contributed by atoms with Gasteiger partial charge in [-0.3, -0.25) is 4.79 Å². The predicted octanol–water partition coefficient (Wildman–Crippen LogP) is 2.61. The second-order valence-corrected chi connectivity index (χ2v) is 6.61. The summed E-state index contributed by atoms with van der Waals surface area (Å²) in [4.78, 5) is 27.4. The van der Waals surface area contributed by atoms with Crippen molar-refractivity contribution in [3.05, 3.63) is 47.4 Å². The topological polar surface area (TPSA) is 124 Å². The van der Waals surface area contributed by atoms with Crippen LogP contribution in [0, 0.1) is 5.82 Å². The van der Waals surface area contributed by atoms with Gasteiger partial charge in [-0.15, -0.1) is 0 Å². The molecule has 1 heterocycles. The molecule has 2 N–H and O–H groups in total. The van der Waals surface area contributed by atoms with E-state index in [0.717, 1.165) is 6.07 Å². The monoisotopic (exact) mass is 457 g/mol. The first kappa shape index (κ1) is 24.3. The highest BCUT2D eigenvalue weighted by Gasteiger charge is 2.29. The number of benzene rings is 1. The summed E-state index contributed by atoms with van der Waals surface area (Å²) in [5.41, 5.74) is 0. The molecule has 11 heteroatoms. The summed E-state index contributed by atoms with van der Waals surface area (Å²) in [5.74, 6) is -2.13. The maximum atomic E-state index is 13.8. The first-order valence-electron chi connectivity index (χ1n) is 9.18. The van der Waals surface area contributed by atoms with Gasteiger partial charge in [0.15, 0.2) is 18.0 Å². The zero-order valence-electron chi connectivity index (χ0n) is 16.7. The first-order valence-corrected chi connectivity index (χ1v) is 9.55. The first-order chi connectivity index (χ1) is 14.7. The van der Waals surface area contributed by atoms with Crippen LogP contribution >= 0.6 is 11.6 Å². The highest BCUT2D eigenvalue weighted by atomic mass is 35.5. The summed E-state index contributed by atoms with van der Waals surface area (Å²) >= 11 is 5.64. The number of carbonyl (C=O) groups excluding carboxylic acids is 2. The molecule has 0 saturated carbocycles. The summed E-state index contributed by atoms with van der Waals surface area (Å²) < 4.78 is 34.3. The Morgan fingerprint density at radius 1 is 1.19 bits per heavy atom. The van der Waals surface area contributed by atoms with Crippen LogP contribution < -0.4 is 9.47 Å². The normalized spacial score (nSPS) is 13.6. The molecule has 2 rings (SSSR count). The number of aliphatic hydroxyl groups excluding tert-OH is 2. The van der Waals surface area contributed by atoms with Crippen LogP contribution in [0.25, 0.3) is 0 Å². The molecule has 0 radical (unpaired) electrons. The molecule has 0 aliphatic rings. The van der Waals surface area contributed by atoms with Gasteiger partial charge in [0.25, 0.3) is 12.2 Å². The molecule has 0 spiro atoms. The molecule has 1 aromatic carbocycles. The fraction of sp³-hybridized carbons (Fsp3) is 0.350. The van der Waals surface area contributed by atoms with Crippen molar-refractivity contribution in [1.82, 2.24) is 4.98 Å². The Morgan fingerprint density at radius 3 is 2.42 bits per heavy atom. The number of pyridine rings is 1. The van der Waals surface area contributed by atoms with Crippen LogP contribution in [0.2, 0.25) is 5.02 Å². The standard InChI is InChI=1S/C20H21ClFNO8/c1-3-17(26)30-20(16(25)10-24)31-19(27)11(2)28-13-4-6-14(7-5-13)29-18-15(22)8-12(21)9-23-18/h4-9,11,16,20,24-25H,3,10H2,1-2H3/t11-,16?,20?/m1/s1. The van der Waals surface area contributed by atoms with Crippen molar-refractivity contribution in [2.75, 3.05) is 6.61 Å². The van der Waals surface area contributed by atoms with Gasteiger partial charge in [0.2, 0.25) is 0 Å². The molecule has 0 bridgehead atoms. The molecular formula is C20H21ClFNO8. The summed E-state index contributed by atoms with van der Waals surface area (Å²) in [6.07, 6.45) is -3.19. The highest BCUT2D eigenvalue weighted by molar-refractivity contribution is 6.30. The van der Waals surface area contributed by atoms with Crippen molar-refractivity contribution in [1.29, 1.82) is 0 Å². The second kappa shape index (κ2) is 11.4. The molecule has 2 unspecified atom stereocenters. The van der Waals surface area contributed by atoms with E-state index < -0.39 is 42.9 Å². The Morgan fingerprint density at radius 2 is 1.84 bits per heavy atom. The van der Waals surface area contributed by atoms with Crippen LogP contribution in [0.3, 0.4) is 0 Å². The van der Waals surface area contributed by atoms with Gasteiger partial charge in [-0.2, -0.15) is 0 Å². The molecule has 0 saturated heterocycles. The van der Waals surface area contributed by atoms with Crippen LogP contribution in [0.15, 0.2) is 36.5 Å². The van der Waals surface area contributed by atoms with Gasteiger partial charge in [0, 0.05) is 12.6 Å². The molecular weight excluding hydrogens is 437 g/mol. The van der Waals surface area contributed by atoms with Gasteiger partial charge in [-0.25, -0.2) is 14.2 Å². The molecule has 9 nitrogen and oxygen atoms in total. The van der Waals surface area contributed by atoms with E-state index in [0.29, 0.717) is 0 Å². The van der Waals surface area contributed by atoms with Gasteiger partial charge in [0.05, 0.1) is 11.6 Å². The Labute approximate surface area is 182 Å². The van der Waals surface area contributed by atoms with Crippen molar-refractivity contribution in [2.45, 2.75) is 38.8 Å². The number of esters is 2. The van der Waals surface area contributed by atoms with Crippen molar-refractivity contribution in [2.24, 2.45) is 0 Å². The third-order valence-corrected chi connectivity index (χ3v) is 3.93. The Bertz CT molecular complexity index is 895. The van der Waals surface area contributed by atoms with Gasteiger partial charge >= 0.3 is 11.9 Å². The number of rotatable bonds is 10. The second-order valence-electron chi connectivity index (χ2n) is 6.17. The van der Waals surface area contributed by atoms with Gasteiger partial charge in [-0.05, 0) is 37.3 Å². The Kier molecular flexibility index (Phi) is 8.98. The Hall–Kier alpha value is -2.95. The van der Waals surface area contributed by atoms with E-state index in [9.17, 15) is 19.1 Å². The average molecular weight is 458 g/mol. The lowest BCUT2D eigenvalue weighted by Gasteiger charge is -2.23. The van der Waals surface area contributed by atoms with Crippen LogP contribution in [0.5, 0.6) is 17.4 Å². The third-order valence-electron chi connectivity index (χ3n) is 3.73. The van der Waals surface area contributed by atoms with E-state index in [1.807, 2.05) is 0 Å². The molecule has 168 valence electrons. The molecule has 31 heavy (non-hydrogen) atoms. The highest BCUT2D eigenvalue weighted by Crippen LogP contribution is 2.26. The largest absolute Gasteiger partial charge is 0.479 e. The maximum absolute atomic E-state index is 13.8. The number of hydrogen-bond donors (Lipinski definition) is 2. The van der Waals surface area contributed by atoms with Gasteiger partial charge in [0.1, 0.15) is 11.5 Å². The summed E-state index contributed by atoms with van der Waals surface area (Å²) in [5, 5.41) is 18.8. The number of hydrogen-bond acceptors (Lipinski definition) is 9. The van der Waals surface area contributed by atoms with Gasteiger partial charge < -0.3 is 29.2 Å². The lowest BCUT2D eigenvalue weighted by molar-refractivity contribution is -0.213. The van der Waals surface area contributed by atoms with E-state index in [1.165, 1.54) is 44.3 Å². The fourth-order valence-corrected chi connectivity index (χ4v) is 2.26. The summed E-state index contributed by atoms with van der Waals surface area (Å²) in [7, 11) is 0. The lowest BCUT2D eigenvalue weighted by Crippen LogP contribution is -2.40. The number of ether oxygens (including phenoxy) is 4. The van der Waals surface area contributed by atoms with Crippen molar-refractivity contribution < 1.29 is 43.1 Å². The van der Waals surface area contributed by atoms with E-state index in [4.69, 9.17) is 35.7 Å². The average Bonchev–Trinajstić information content (AvgIpc) is 2.75. The number of halogens is 2. The smallest absolute Gasteiger partial charge is 0.350 e. The van der Waals surface area contributed by atoms with Crippen molar-refractivity contribution in [3.63, 3.8) is 0 Å². The molecule has 0 aliphatic heterocycles. The molecule has 0 fully saturated rings. The number of nitrogens with zero attached hydrogens (tertiary/aromatic N) is 1. The van der Waals surface area contributed by atoms with Crippen LogP contribution in [0.1, 0.15) is 20.3 Å². The van der Waals surface area contributed by atoms with Crippen LogP contribution in [-0.2, 0) is 19.1 Å². The minimum Gasteiger partial charge on any atom is -0.479 e. The maximum Gasteiger partial charge on any atom is 0.350 e. The van der Waals surface area contributed by atoms with Crippen LogP contribution in [0.4, 0.5) is 4.39 Å². The molecule has 1 aromatic heterocycles. The lowest BCUT2D eigenvalue weighted by atomic mass is 10.3. The van der Waals surface area contributed by atoms with E-state index in [2.05, 4.69) is 4.98 Å². The number of carbonyl (C=O) groups is 2. The molecule has 0 amide bonds. The third kappa shape index (κ3) is 7.35. The zero-order chi connectivity index (χ0) is 23.0. The van der Waals surface area contributed by atoms with E-state index in [-0.39, 0.29) is 28.8 Å². The quantitative estimate of drug-likeness (QED) is 0.409. The van der Waals surface area contributed by atoms with E-state index in [1.54, 1.807) is 0 Å². The number of aliphatic hydroxyl groups is 2. The summed E-state index contributed by atoms with van der Waals surface area (Å²) in [6, 6.07) is 6.91. The van der Waals surface area contributed by atoms with Gasteiger partial charge in [-0.1, -0.05) is 18.5 Å². The zero-order valence-corrected chi connectivity index (χ0v) is 17.4. The fourth-order valence-electron chi connectivity index (χ4n) is 2.12. The van der Waals surface area contributed by atoms with Crippen molar-refractivity contribution >= 4 is 23.5 Å². The van der Waals surface area contributed by atoms with Crippen molar-refractivity contribution in [3.8, 4) is 17.4 Å². The minimum atomic E-state index is -1.67. The van der Waals surface area contributed by atoms with Crippen LogP contribution in [-0.4, -0.2) is 52.2 Å². The molecule has 3 atom stereocenters. The molecule has 2 aromatic rings. The van der Waals surface area contributed by atoms with E-state index >= 15 is 0 Å².